The van der Waals surface area contributed by atoms with Gasteiger partial charge < -0.3 is 14.5 Å². The third kappa shape index (κ3) is 3.75. The molecule has 0 bridgehead atoms. The SMILES string of the molecule is CCNCc1occc1COc1ccc(Cl)cc1C. The number of halogens is 1. The summed E-state index contributed by atoms with van der Waals surface area (Å²) in [5.74, 6) is 1.77. The smallest absolute Gasteiger partial charge is 0.124 e. The maximum Gasteiger partial charge on any atom is 0.124 e. The summed E-state index contributed by atoms with van der Waals surface area (Å²) in [4.78, 5) is 0. The fourth-order valence-electron chi connectivity index (χ4n) is 1.82. The minimum atomic E-state index is 0.500. The number of hydrogen-bond donors (Lipinski definition) is 1. The minimum absolute atomic E-state index is 0.500. The molecule has 0 amide bonds. The van der Waals surface area contributed by atoms with Crippen molar-refractivity contribution in [3.05, 3.63) is 52.4 Å². The zero-order chi connectivity index (χ0) is 13.7. The van der Waals surface area contributed by atoms with E-state index in [1.54, 1.807) is 6.26 Å². The summed E-state index contributed by atoms with van der Waals surface area (Å²) in [6.07, 6.45) is 1.69. The molecule has 1 aromatic carbocycles. The Balaban J connectivity index is 2.00. The molecule has 0 unspecified atom stereocenters. The predicted molar refractivity (Wildman–Crippen MR) is 76.6 cm³/mol. The molecule has 0 aliphatic heterocycles. The van der Waals surface area contributed by atoms with Gasteiger partial charge in [-0.1, -0.05) is 18.5 Å². The highest BCUT2D eigenvalue weighted by atomic mass is 35.5. The summed E-state index contributed by atoms with van der Waals surface area (Å²) in [6, 6.07) is 7.56. The van der Waals surface area contributed by atoms with E-state index in [0.29, 0.717) is 6.61 Å². The van der Waals surface area contributed by atoms with Gasteiger partial charge in [-0.15, -0.1) is 0 Å². The normalized spacial score (nSPS) is 10.7. The van der Waals surface area contributed by atoms with Crippen molar-refractivity contribution < 1.29 is 9.15 Å². The number of furan rings is 1. The van der Waals surface area contributed by atoms with Gasteiger partial charge in [-0.3, -0.25) is 0 Å². The second-order valence-corrected chi connectivity index (χ2v) is 4.78. The van der Waals surface area contributed by atoms with Gasteiger partial charge in [0.05, 0.1) is 12.8 Å². The van der Waals surface area contributed by atoms with Gasteiger partial charge in [0.25, 0.3) is 0 Å². The molecule has 2 aromatic rings. The molecule has 4 heteroatoms. The molecule has 0 atom stereocenters. The van der Waals surface area contributed by atoms with E-state index in [1.807, 2.05) is 31.2 Å². The minimum Gasteiger partial charge on any atom is -0.489 e. The molecular weight excluding hydrogens is 262 g/mol. The number of nitrogens with one attached hydrogen (secondary N) is 1. The van der Waals surface area contributed by atoms with Crippen molar-refractivity contribution >= 4 is 11.6 Å². The predicted octanol–water partition coefficient (Wildman–Crippen LogP) is 3.93. The lowest BCUT2D eigenvalue weighted by atomic mass is 10.2. The largest absolute Gasteiger partial charge is 0.489 e. The molecular formula is C15H18ClNO2. The zero-order valence-corrected chi connectivity index (χ0v) is 12.0. The first-order valence-electron chi connectivity index (χ1n) is 6.35. The van der Waals surface area contributed by atoms with Crippen molar-refractivity contribution in [2.45, 2.75) is 27.0 Å². The Hall–Kier alpha value is -1.45. The van der Waals surface area contributed by atoms with Crippen LogP contribution in [-0.4, -0.2) is 6.54 Å². The van der Waals surface area contributed by atoms with Crippen molar-refractivity contribution in [2.75, 3.05) is 6.54 Å². The lowest BCUT2D eigenvalue weighted by Crippen LogP contribution is -2.12. The summed E-state index contributed by atoms with van der Waals surface area (Å²) >= 11 is 5.92. The molecule has 19 heavy (non-hydrogen) atoms. The standard InChI is InChI=1S/C15H18ClNO2/c1-3-17-9-15-12(6-7-18-15)10-19-14-5-4-13(16)8-11(14)2/h4-8,17H,3,9-10H2,1-2H3. The lowest BCUT2D eigenvalue weighted by Gasteiger charge is -2.09. The fourth-order valence-corrected chi connectivity index (χ4v) is 2.05. The summed E-state index contributed by atoms with van der Waals surface area (Å²) in [5.41, 5.74) is 2.10. The van der Waals surface area contributed by atoms with E-state index in [2.05, 4.69) is 12.2 Å². The molecule has 0 radical (unpaired) electrons. The van der Waals surface area contributed by atoms with Crippen LogP contribution in [0.4, 0.5) is 0 Å². The number of benzene rings is 1. The molecule has 1 aromatic heterocycles. The van der Waals surface area contributed by atoms with Crippen LogP contribution >= 0.6 is 11.6 Å². The van der Waals surface area contributed by atoms with Crippen LogP contribution in [0.1, 0.15) is 23.8 Å². The summed E-state index contributed by atoms with van der Waals surface area (Å²) in [5, 5.41) is 3.96. The van der Waals surface area contributed by atoms with E-state index in [-0.39, 0.29) is 0 Å². The third-order valence-electron chi connectivity index (χ3n) is 2.89. The lowest BCUT2D eigenvalue weighted by molar-refractivity contribution is 0.299. The van der Waals surface area contributed by atoms with Gasteiger partial charge in [0.1, 0.15) is 18.1 Å². The fraction of sp³-hybridized carbons (Fsp3) is 0.333. The van der Waals surface area contributed by atoms with E-state index in [4.69, 9.17) is 20.8 Å². The molecule has 0 fully saturated rings. The van der Waals surface area contributed by atoms with Crippen LogP contribution in [0.25, 0.3) is 0 Å². The summed E-state index contributed by atoms with van der Waals surface area (Å²) in [6.45, 7) is 6.19. The molecule has 0 spiro atoms. The van der Waals surface area contributed by atoms with Crippen molar-refractivity contribution in [2.24, 2.45) is 0 Å². The second-order valence-electron chi connectivity index (χ2n) is 4.35. The van der Waals surface area contributed by atoms with Crippen LogP contribution in [0.5, 0.6) is 5.75 Å². The third-order valence-corrected chi connectivity index (χ3v) is 3.13. The van der Waals surface area contributed by atoms with E-state index in [0.717, 1.165) is 40.7 Å². The second kappa shape index (κ2) is 6.64. The first-order chi connectivity index (χ1) is 9.20. The molecule has 0 aliphatic carbocycles. The Bertz CT molecular complexity index is 537. The molecule has 2 rings (SSSR count). The molecule has 3 nitrogen and oxygen atoms in total. The molecule has 1 heterocycles. The first kappa shape index (κ1) is 14.0. The van der Waals surface area contributed by atoms with Crippen LogP contribution in [-0.2, 0) is 13.2 Å². The van der Waals surface area contributed by atoms with Gasteiger partial charge in [-0.2, -0.15) is 0 Å². The zero-order valence-electron chi connectivity index (χ0n) is 11.2. The molecule has 0 saturated heterocycles. The van der Waals surface area contributed by atoms with Crippen molar-refractivity contribution in [3.8, 4) is 5.75 Å². The average Bonchev–Trinajstić information content (AvgIpc) is 2.83. The van der Waals surface area contributed by atoms with E-state index in [9.17, 15) is 0 Å². The van der Waals surface area contributed by atoms with Gasteiger partial charge in [0.15, 0.2) is 0 Å². The van der Waals surface area contributed by atoms with Crippen LogP contribution in [0.3, 0.4) is 0 Å². The van der Waals surface area contributed by atoms with Gasteiger partial charge in [0.2, 0.25) is 0 Å². The quantitative estimate of drug-likeness (QED) is 0.870. The van der Waals surface area contributed by atoms with E-state index in [1.165, 1.54) is 0 Å². The van der Waals surface area contributed by atoms with Crippen LogP contribution < -0.4 is 10.1 Å². The van der Waals surface area contributed by atoms with Gasteiger partial charge >= 0.3 is 0 Å². The number of hydrogen-bond acceptors (Lipinski definition) is 3. The van der Waals surface area contributed by atoms with Crippen LogP contribution in [0.15, 0.2) is 34.9 Å². The highest BCUT2D eigenvalue weighted by molar-refractivity contribution is 6.30. The van der Waals surface area contributed by atoms with Crippen molar-refractivity contribution in [1.29, 1.82) is 0 Å². The average molecular weight is 280 g/mol. The Labute approximate surface area is 118 Å². The van der Waals surface area contributed by atoms with Crippen molar-refractivity contribution in [1.82, 2.24) is 5.32 Å². The van der Waals surface area contributed by atoms with Crippen molar-refractivity contribution in [3.63, 3.8) is 0 Å². The molecule has 0 aliphatic rings. The van der Waals surface area contributed by atoms with E-state index < -0.39 is 0 Å². The van der Waals surface area contributed by atoms with Gasteiger partial charge in [-0.05, 0) is 43.3 Å². The maximum atomic E-state index is 5.92. The summed E-state index contributed by atoms with van der Waals surface area (Å²) < 4.78 is 11.3. The first-order valence-corrected chi connectivity index (χ1v) is 6.73. The molecule has 1 N–H and O–H groups in total. The highest BCUT2D eigenvalue weighted by Crippen LogP contribution is 2.23. The number of aryl methyl sites for hydroxylation is 1. The highest BCUT2D eigenvalue weighted by Gasteiger charge is 2.07. The number of rotatable bonds is 6. The van der Waals surface area contributed by atoms with Crippen LogP contribution in [0, 0.1) is 6.92 Å². The Kier molecular flexibility index (Phi) is 4.88. The van der Waals surface area contributed by atoms with Gasteiger partial charge in [-0.25, -0.2) is 0 Å². The summed E-state index contributed by atoms with van der Waals surface area (Å²) in [7, 11) is 0. The Morgan fingerprint density at radius 1 is 1.32 bits per heavy atom. The Morgan fingerprint density at radius 3 is 2.89 bits per heavy atom. The van der Waals surface area contributed by atoms with Crippen LogP contribution in [0.2, 0.25) is 5.02 Å². The Morgan fingerprint density at radius 2 is 2.16 bits per heavy atom. The van der Waals surface area contributed by atoms with Gasteiger partial charge in [0, 0.05) is 10.6 Å². The topological polar surface area (TPSA) is 34.4 Å². The number of ether oxygens (including phenoxy) is 1. The maximum absolute atomic E-state index is 5.92. The van der Waals surface area contributed by atoms with E-state index >= 15 is 0 Å². The molecule has 0 saturated carbocycles. The molecule has 102 valence electrons. The monoisotopic (exact) mass is 279 g/mol.